The van der Waals surface area contributed by atoms with Crippen LogP contribution in [0.5, 0.6) is 0 Å². The second-order valence-electron chi connectivity index (χ2n) is 21.7. The van der Waals surface area contributed by atoms with E-state index >= 15 is 0 Å². The topological polar surface area (TPSA) is 108 Å². The van der Waals surface area contributed by atoms with Crippen LogP contribution in [0.15, 0.2) is 12.2 Å². The van der Waals surface area contributed by atoms with E-state index in [1.54, 1.807) is 0 Å². The molecule has 0 spiro atoms. The summed E-state index contributed by atoms with van der Waals surface area (Å²) >= 11 is 0. The van der Waals surface area contributed by atoms with Crippen molar-refractivity contribution in [2.45, 2.75) is 309 Å². The van der Waals surface area contributed by atoms with Crippen molar-refractivity contribution in [3.63, 3.8) is 0 Å². The molecule has 0 fully saturated rings. The highest BCUT2D eigenvalue weighted by atomic mass is 31.2. The van der Waals surface area contributed by atoms with E-state index in [0.29, 0.717) is 23.9 Å². The fraction of sp³-hybridized carbons (Fsp3) is 0.932. The van der Waals surface area contributed by atoms with E-state index in [1.807, 2.05) is 21.1 Å². The van der Waals surface area contributed by atoms with Crippen LogP contribution in [0.3, 0.4) is 0 Å². The van der Waals surface area contributed by atoms with Crippen LogP contribution in [-0.2, 0) is 32.7 Å². The van der Waals surface area contributed by atoms with Gasteiger partial charge >= 0.3 is 19.8 Å². The molecule has 69 heavy (non-hydrogen) atoms. The number of allylic oxidation sites excluding steroid dienone is 2. The second-order valence-corrected chi connectivity index (χ2v) is 23.2. The van der Waals surface area contributed by atoms with Gasteiger partial charge in [-0.3, -0.25) is 18.6 Å². The first kappa shape index (κ1) is 67.8. The van der Waals surface area contributed by atoms with Crippen LogP contribution in [0.4, 0.5) is 0 Å². The molecule has 0 aromatic heterocycles. The van der Waals surface area contributed by atoms with Crippen molar-refractivity contribution in [1.82, 2.24) is 0 Å². The van der Waals surface area contributed by atoms with Crippen LogP contribution >= 0.6 is 7.82 Å². The van der Waals surface area contributed by atoms with Gasteiger partial charge in [-0.15, -0.1) is 0 Å². The third kappa shape index (κ3) is 55.9. The average Bonchev–Trinajstić information content (AvgIpc) is 3.31. The summed E-state index contributed by atoms with van der Waals surface area (Å²) in [4.78, 5) is 35.5. The van der Waals surface area contributed by atoms with E-state index in [9.17, 15) is 19.0 Å². The highest BCUT2D eigenvalue weighted by Crippen LogP contribution is 2.43. The standard InChI is InChI=1S/C59H116NO8P/c1-6-8-10-12-14-16-18-20-21-22-23-24-25-26-27-28-29-30-31-32-33-34-35-36-37-38-39-40-42-43-45-47-49-51-58(61)65-55-57(56-67-69(63,64)66-54-53-60(3,4)5)68-59(62)52-50-48-46-44-41-19-17-15-13-11-9-7-2/h15,17,57H,6-14,16,18-56H2,1-5H3/p+1/b17-15-. The summed E-state index contributed by atoms with van der Waals surface area (Å²) in [5.41, 5.74) is 0. The molecular weight excluding hydrogens is 882 g/mol. The molecule has 0 saturated heterocycles. The number of esters is 2. The maximum atomic E-state index is 12.7. The zero-order valence-electron chi connectivity index (χ0n) is 46.6. The summed E-state index contributed by atoms with van der Waals surface area (Å²) in [6, 6.07) is 0. The number of hydrogen-bond donors (Lipinski definition) is 1. The molecule has 2 atom stereocenters. The number of nitrogens with zero attached hydrogens (tertiary/aromatic N) is 1. The molecule has 10 heteroatoms. The molecule has 0 amide bonds. The Bertz CT molecular complexity index is 1180. The summed E-state index contributed by atoms with van der Waals surface area (Å²) < 4.78 is 34.5. The van der Waals surface area contributed by atoms with Crippen molar-refractivity contribution in [2.24, 2.45) is 0 Å². The molecule has 0 aliphatic carbocycles. The minimum atomic E-state index is -4.38. The molecule has 2 unspecified atom stereocenters. The Labute approximate surface area is 428 Å². The van der Waals surface area contributed by atoms with E-state index in [0.717, 1.165) is 51.4 Å². The van der Waals surface area contributed by atoms with Gasteiger partial charge in [0.2, 0.25) is 0 Å². The van der Waals surface area contributed by atoms with Gasteiger partial charge in [0.15, 0.2) is 6.10 Å². The molecule has 1 N–H and O–H groups in total. The van der Waals surface area contributed by atoms with Crippen molar-refractivity contribution in [3.8, 4) is 0 Å². The van der Waals surface area contributed by atoms with Crippen molar-refractivity contribution < 1.29 is 42.1 Å². The Kier molecular flexibility index (Phi) is 50.7. The molecule has 0 bridgehead atoms. The van der Waals surface area contributed by atoms with E-state index in [-0.39, 0.29) is 25.6 Å². The number of unbranched alkanes of at least 4 members (excludes halogenated alkanes) is 40. The van der Waals surface area contributed by atoms with Crippen LogP contribution in [-0.4, -0.2) is 74.9 Å². The molecule has 0 aliphatic heterocycles. The number of phosphoric acid groups is 1. The normalized spacial score (nSPS) is 13.3. The number of phosphoric ester groups is 1. The largest absolute Gasteiger partial charge is 0.472 e. The monoisotopic (exact) mass is 999 g/mol. The minimum absolute atomic E-state index is 0.0334. The Morgan fingerprint density at radius 1 is 0.435 bits per heavy atom. The molecule has 0 aromatic carbocycles. The van der Waals surface area contributed by atoms with Crippen LogP contribution < -0.4 is 0 Å². The fourth-order valence-electron chi connectivity index (χ4n) is 8.90. The number of rotatable bonds is 56. The number of quaternary nitrogens is 1. The molecule has 0 saturated carbocycles. The summed E-state index contributed by atoms with van der Waals surface area (Å²) in [5.74, 6) is -0.793. The average molecular weight is 1000 g/mol. The highest BCUT2D eigenvalue weighted by molar-refractivity contribution is 7.47. The van der Waals surface area contributed by atoms with Gasteiger partial charge in [0.05, 0.1) is 27.7 Å². The molecule has 0 radical (unpaired) electrons. The number of hydrogen-bond acceptors (Lipinski definition) is 7. The summed E-state index contributed by atoms with van der Waals surface area (Å²) in [5, 5.41) is 0. The first-order valence-corrected chi connectivity index (χ1v) is 31.4. The van der Waals surface area contributed by atoms with Crippen LogP contribution in [0, 0.1) is 0 Å². The Hall–Kier alpha value is -1.25. The predicted octanol–water partition coefficient (Wildman–Crippen LogP) is 18.4. The smallest absolute Gasteiger partial charge is 0.462 e. The minimum Gasteiger partial charge on any atom is -0.462 e. The lowest BCUT2D eigenvalue weighted by molar-refractivity contribution is -0.870. The van der Waals surface area contributed by atoms with Crippen LogP contribution in [0.1, 0.15) is 303 Å². The first-order valence-electron chi connectivity index (χ1n) is 29.9. The van der Waals surface area contributed by atoms with Crippen molar-refractivity contribution >= 4 is 19.8 Å². The van der Waals surface area contributed by atoms with Crippen LogP contribution in [0.25, 0.3) is 0 Å². The van der Waals surface area contributed by atoms with Crippen molar-refractivity contribution in [3.05, 3.63) is 12.2 Å². The SMILES string of the molecule is CCCCC/C=C\CCCCCCCC(=O)OC(COC(=O)CCCCCCCCCCCCCCCCCCCCCCCCCCCCCCCCCCC)COP(=O)(O)OCC[N+](C)(C)C. The van der Waals surface area contributed by atoms with E-state index in [2.05, 4.69) is 26.0 Å². The Balaban J connectivity index is 3.90. The van der Waals surface area contributed by atoms with E-state index in [4.69, 9.17) is 18.5 Å². The van der Waals surface area contributed by atoms with Gasteiger partial charge < -0.3 is 18.9 Å². The first-order chi connectivity index (χ1) is 33.5. The highest BCUT2D eigenvalue weighted by Gasteiger charge is 2.27. The molecule has 0 rings (SSSR count). The third-order valence-corrected chi connectivity index (χ3v) is 14.5. The van der Waals surface area contributed by atoms with Gasteiger partial charge in [-0.05, 0) is 38.5 Å². The van der Waals surface area contributed by atoms with Gasteiger partial charge in [0.25, 0.3) is 0 Å². The molecule has 0 aliphatic rings. The maximum Gasteiger partial charge on any atom is 0.472 e. The second kappa shape index (κ2) is 51.6. The fourth-order valence-corrected chi connectivity index (χ4v) is 9.64. The lowest BCUT2D eigenvalue weighted by atomic mass is 10.0. The summed E-state index contributed by atoms with van der Waals surface area (Å²) in [6.07, 6.45) is 60.3. The van der Waals surface area contributed by atoms with E-state index in [1.165, 1.54) is 218 Å². The predicted molar refractivity (Wildman–Crippen MR) is 294 cm³/mol. The number of ether oxygens (including phenoxy) is 2. The van der Waals surface area contributed by atoms with Crippen molar-refractivity contribution in [2.75, 3.05) is 47.5 Å². The Morgan fingerprint density at radius 3 is 1.10 bits per heavy atom. The third-order valence-electron chi connectivity index (χ3n) is 13.5. The van der Waals surface area contributed by atoms with E-state index < -0.39 is 26.5 Å². The zero-order valence-corrected chi connectivity index (χ0v) is 47.5. The molecule has 0 heterocycles. The molecule has 410 valence electrons. The quantitative estimate of drug-likeness (QED) is 0.0211. The number of carbonyl (C=O) groups excluding carboxylic acids is 2. The van der Waals surface area contributed by atoms with Gasteiger partial charge in [-0.25, -0.2) is 4.57 Å². The van der Waals surface area contributed by atoms with Gasteiger partial charge in [0.1, 0.15) is 19.8 Å². The summed E-state index contributed by atoms with van der Waals surface area (Å²) in [7, 11) is 1.49. The van der Waals surface area contributed by atoms with Crippen molar-refractivity contribution in [1.29, 1.82) is 0 Å². The summed E-state index contributed by atoms with van der Waals surface area (Å²) in [6.45, 7) is 4.44. The zero-order chi connectivity index (χ0) is 50.6. The lowest BCUT2D eigenvalue weighted by Crippen LogP contribution is -2.37. The lowest BCUT2D eigenvalue weighted by Gasteiger charge is -2.24. The van der Waals surface area contributed by atoms with Crippen LogP contribution in [0.2, 0.25) is 0 Å². The molecule has 0 aromatic rings. The number of carbonyl (C=O) groups is 2. The van der Waals surface area contributed by atoms with Gasteiger partial charge in [-0.2, -0.15) is 0 Å². The maximum absolute atomic E-state index is 12.7. The Morgan fingerprint density at radius 2 is 0.739 bits per heavy atom. The number of likely N-dealkylation sites (N-methyl/N-ethyl adjacent to an activating group) is 1. The van der Waals surface area contributed by atoms with Gasteiger partial charge in [-0.1, -0.05) is 264 Å². The van der Waals surface area contributed by atoms with Gasteiger partial charge in [0, 0.05) is 12.8 Å². The molecular formula is C59H117NO8P+. The molecule has 9 nitrogen and oxygen atoms in total.